The van der Waals surface area contributed by atoms with Crippen LogP contribution in [0.15, 0.2) is 40.3 Å². The zero-order valence-electron chi connectivity index (χ0n) is 16.6. The van der Waals surface area contributed by atoms with Gasteiger partial charge in [0.05, 0.1) is 12.2 Å². The molecule has 0 amide bonds. The number of benzene rings is 1. The Morgan fingerprint density at radius 3 is 2.64 bits per heavy atom. The van der Waals surface area contributed by atoms with Crippen LogP contribution in [0, 0.1) is 0 Å². The van der Waals surface area contributed by atoms with Gasteiger partial charge in [0.25, 0.3) is 0 Å². The zero-order valence-corrected chi connectivity index (χ0v) is 17.5. The van der Waals surface area contributed by atoms with Gasteiger partial charge in [-0.3, -0.25) is 9.59 Å². The Kier molecular flexibility index (Phi) is 6.97. The van der Waals surface area contributed by atoms with Gasteiger partial charge in [0.15, 0.2) is 12.6 Å². The van der Waals surface area contributed by atoms with Crippen LogP contribution in [0.1, 0.15) is 31.7 Å². The Balaban J connectivity index is 1.97. The highest BCUT2D eigenvalue weighted by Gasteiger charge is 2.34. The molecule has 0 radical (unpaired) electrons. The van der Waals surface area contributed by atoms with E-state index in [0.29, 0.717) is 31.8 Å². The highest BCUT2D eigenvalue weighted by molar-refractivity contribution is 8.00. The Hall–Kier alpha value is -2.05. The van der Waals surface area contributed by atoms with Gasteiger partial charge in [0, 0.05) is 54.6 Å². The number of hydrogen-bond acceptors (Lipinski definition) is 6. The maximum Gasteiger partial charge on any atom is 0.153 e. The predicted octanol–water partition coefficient (Wildman–Crippen LogP) is 3.73. The van der Waals surface area contributed by atoms with Crippen molar-refractivity contribution < 1.29 is 19.1 Å². The summed E-state index contributed by atoms with van der Waals surface area (Å²) in [6, 6.07) is 6.68. The number of thioether (sulfide) groups is 1. The van der Waals surface area contributed by atoms with Crippen molar-refractivity contribution in [1.29, 1.82) is 0 Å². The number of aldehydes is 2. The highest BCUT2D eigenvalue weighted by Crippen LogP contribution is 2.47. The average Bonchev–Trinajstić information content (AvgIpc) is 3.54. The molecule has 0 N–H and O–H groups in total. The SMILES string of the molecule is COCCCOc1ccc2c(c1)SC(C)C(C=C(C=O)C=O)=C2N(C)C1CC1. The molecule has 5 nitrogen and oxygen atoms in total. The molecule has 1 aliphatic carbocycles. The third kappa shape index (κ3) is 4.67. The molecule has 0 bridgehead atoms. The van der Waals surface area contributed by atoms with Crippen molar-refractivity contribution in [3.05, 3.63) is 41.0 Å². The Labute approximate surface area is 170 Å². The van der Waals surface area contributed by atoms with Crippen LogP contribution >= 0.6 is 11.8 Å². The molecule has 0 spiro atoms. The number of carbonyl (C=O) groups excluding carboxylic acids is 2. The van der Waals surface area contributed by atoms with Crippen LogP contribution in [0.3, 0.4) is 0 Å². The largest absolute Gasteiger partial charge is 0.493 e. The molecule has 1 aromatic carbocycles. The summed E-state index contributed by atoms with van der Waals surface area (Å²) in [4.78, 5) is 25.9. The minimum Gasteiger partial charge on any atom is -0.493 e. The molecule has 3 rings (SSSR count). The smallest absolute Gasteiger partial charge is 0.153 e. The van der Waals surface area contributed by atoms with Crippen LogP contribution in [-0.2, 0) is 14.3 Å². The lowest BCUT2D eigenvalue weighted by Crippen LogP contribution is -2.25. The average molecular weight is 402 g/mol. The summed E-state index contributed by atoms with van der Waals surface area (Å²) >= 11 is 1.73. The molecule has 1 fully saturated rings. The van der Waals surface area contributed by atoms with E-state index in [2.05, 4.69) is 31.0 Å². The topological polar surface area (TPSA) is 55.8 Å². The van der Waals surface area contributed by atoms with Crippen LogP contribution in [0.4, 0.5) is 0 Å². The fourth-order valence-electron chi connectivity index (χ4n) is 3.38. The Bertz CT molecular complexity index is 788. The van der Waals surface area contributed by atoms with Gasteiger partial charge in [-0.05, 0) is 49.6 Å². The zero-order chi connectivity index (χ0) is 20.1. The first-order valence-corrected chi connectivity index (χ1v) is 10.5. The normalized spacial score (nSPS) is 18.3. The summed E-state index contributed by atoms with van der Waals surface area (Å²) in [5.74, 6) is 0.850. The second-order valence-corrected chi connectivity index (χ2v) is 8.52. The molecule has 2 aliphatic rings. The van der Waals surface area contributed by atoms with E-state index in [1.807, 2.05) is 6.07 Å². The van der Waals surface area contributed by atoms with Crippen molar-refractivity contribution in [3.63, 3.8) is 0 Å². The molecule has 1 saturated carbocycles. The van der Waals surface area contributed by atoms with E-state index >= 15 is 0 Å². The van der Waals surface area contributed by atoms with Crippen molar-refractivity contribution in [2.24, 2.45) is 0 Å². The third-order valence-electron chi connectivity index (χ3n) is 5.03. The van der Waals surface area contributed by atoms with Gasteiger partial charge in [-0.15, -0.1) is 11.8 Å². The molecule has 1 aliphatic heterocycles. The predicted molar refractivity (Wildman–Crippen MR) is 112 cm³/mol. The molecule has 1 unspecified atom stereocenters. The standard InChI is InChI=1S/C22H27NO4S/c1-15-20(11-16(13-24)14-25)22(23(2)17-5-6-17)19-8-7-18(12-21(19)28-15)27-10-4-9-26-3/h7-8,11-15,17H,4-6,9-10H2,1-3H3. The van der Waals surface area contributed by atoms with E-state index in [1.165, 1.54) is 12.8 Å². The first-order valence-electron chi connectivity index (χ1n) is 9.61. The maximum atomic E-state index is 11.2. The number of fused-ring (bicyclic) bond motifs is 1. The van der Waals surface area contributed by atoms with Gasteiger partial charge < -0.3 is 14.4 Å². The van der Waals surface area contributed by atoms with Gasteiger partial charge >= 0.3 is 0 Å². The van der Waals surface area contributed by atoms with E-state index < -0.39 is 0 Å². The quantitative estimate of drug-likeness (QED) is 0.196. The van der Waals surface area contributed by atoms with E-state index in [4.69, 9.17) is 9.47 Å². The summed E-state index contributed by atoms with van der Waals surface area (Å²) < 4.78 is 10.9. The first-order chi connectivity index (χ1) is 13.6. The second-order valence-electron chi connectivity index (χ2n) is 7.14. The summed E-state index contributed by atoms with van der Waals surface area (Å²) in [6.07, 6.45) is 6.18. The maximum absolute atomic E-state index is 11.2. The minimum atomic E-state index is 0.127. The number of rotatable bonds is 10. The van der Waals surface area contributed by atoms with Crippen molar-refractivity contribution in [3.8, 4) is 5.75 Å². The molecule has 0 aromatic heterocycles. The van der Waals surface area contributed by atoms with E-state index in [9.17, 15) is 9.59 Å². The fraction of sp³-hybridized carbons (Fsp3) is 0.455. The lowest BCUT2D eigenvalue weighted by Gasteiger charge is -2.33. The monoisotopic (exact) mass is 401 g/mol. The van der Waals surface area contributed by atoms with Crippen molar-refractivity contribution >= 4 is 30.0 Å². The van der Waals surface area contributed by atoms with Crippen LogP contribution in [0.25, 0.3) is 5.70 Å². The van der Waals surface area contributed by atoms with Gasteiger partial charge in [0.2, 0.25) is 0 Å². The number of carbonyl (C=O) groups is 2. The van der Waals surface area contributed by atoms with Crippen LogP contribution in [-0.4, -0.2) is 56.1 Å². The van der Waals surface area contributed by atoms with E-state index in [-0.39, 0.29) is 10.8 Å². The Morgan fingerprint density at radius 1 is 1.25 bits per heavy atom. The fourth-order valence-corrected chi connectivity index (χ4v) is 4.54. The van der Waals surface area contributed by atoms with Gasteiger partial charge in [-0.1, -0.05) is 0 Å². The van der Waals surface area contributed by atoms with Gasteiger partial charge in [0.1, 0.15) is 5.75 Å². The van der Waals surface area contributed by atoms with Crippen LogP contribution < -0.4 is 4.74 Å². The number of nitrogens with zero attached hydrogens (tertiary/aromatic N) is 1. The summed E-state index contributed by atoms with van der Waals surface area (Å²) in [5.41, 5.74) is 3.43. The molecule has 1 aromatic rings. The lowest BCUT2D eigenvalue weighted by molar-refractivity contribution is -0.109. The molecule has 1 heterocycles. The first kappa shape index (κ1) is 20.7. The van der Waals surface area contributed by atoms with Crippen LogP contribution in [0.5, 0.6) is 5.75 Å². The highest BCUT2D eigenvalue weighted by atomic mass is 32.2. The number of ether oxygens (including phenoxy) is 2. The number of hydrogen-bond donors (Lipinski definition) is 0. The van der Waals surface area contributed by atoms with Crippen molar-refractivity contribution in [2.45, 2.75) is 42.4 Å². The summed E-state index contributed by atoms with van der Waals surface area (Å²) in [5, 5.41) is 0.127. The second kappa shape index (κ2) is 9.43. The molecule has 1 atom stereocenters. The molecule has 150 valence electrons. The van der Waals surface area contributed by atoms with Gasteiger partial charge in [-0.2, -0.15) is 0 Å². The lowest BCUT2D eigenvalue weighted by atomic mass is 9.99. The molecule has 28 heavy (non-hydrogen) atoms. The number of methoxy groups -OCH3 is 1. The van der Waals surface area contributed by atoms with Crippen molar-refractivity contribution in [1.82, 2.24) is 4.90 Å². The van der Waals surface area contributed by atoms with E-state index in [1.54, 1.807) is 24.9 Å². The molecule has 6 heteroatoms. The minimum absolute atomic E-state index is 0.127. The molecular weight excluding hydrogens is 374 g/mol. The summed E-state index contributed by atoms with van der Waals surface area (Å²) in [6.45, 7) is 3.41. The Morgan fingerprint density at radius 2 is 2.00 bits per heavy atom. The van der Waals surface area contributed by atoms with Gasteiger partial charge in [-0.25, -0.2) is 0 Å². The summed E-state index contributed by atoms with van der Waals surface area (Å²) in [7, 11) is 3.79. The molecule has 0 saturated heterocycles. The third-order valence-corrected chi connectivity index (χ3v) is 6.23. The van der Waals surface area contributed by atoms with Crippen LogP contribution in [0.2, 0.25) is 0 Å². The molecular formula is C22H27NO4S. The number of allylic oxidation sites excluding steroid dienone is 2. The van der Waals surface area contributed by atoms with Crippen molar-refractivity contribution in [2.75, 3.05) is 27.4 Å². The van der Waals surface area contributed by atoms with E-state index in [0.717, 1.165) is 33.9 Å².